The second-order valence-corrected chi connectivity index (χ2v) is 7.48. The van der Waals surface area contributed by atoms with Crippen LogP contribution >= 0.6 is 0 Å². The molecule has 0 aliphatic carbocycles. The molecule has 2 N–H and O–H groups in total. The van der Waals surface area contributed by atoms with Crippen LogP contribution < -0.4 is 5.73 Å². The van der Waals surface area contributed by atoms with E-state index in [-0.39, 0.29) is 11.6 Å². The van der Waals surface area contributed by atoms with Crippen molar-refractivity contribution in [3.8, 4) is 0 Å². The minimum Gasteiger partial charge on any atom is -0.330 e. The molecule has 2 atom stereocenters. The molecule has 1 aromatic heterocycles. The number of fused-ring (bicyclic) bond motifs is 1. The molecule has 182 valence electrons. The molecular formula is C18H16F9N5O. The van der Waals surface area contributed by atoms with Crippen molar-refractivity contribution in [3.05, 3.63) is 46.8 Å². The Labute approximate surface area is 180 Å². The number of nitrogens with zero attached hydrogens (tertiary/aromatic N) is 4. The van der Waals surface area contributed by atoms with E-state index in [1.54, 1.807) is 0 Å². The maximum absolute atomic E-state index is 13.8. The smallest absolute Gasteiger partial charge is 0.330 e. The standard InChI is InChI=1S/C18H16F9N5O/c19-10-6-12(21)11(20)4-8(10)3-9(28)5-14(33)31-1-2-32-15(13(31)7-17(22,23)24)29-30-16(32)18(25,26)27/h4,6,9,13H,1-3,5,7,28H2/t9-,13+/m1/s1. The van der Waals surface area contributed by atoms with Gasteiger partial charge in [0, 0.05) is 31.6 Å². The van der Waals surface area contributed by atoms with Crippen LogP contribution in [0.5, 0.6) is 0 Å². The van der Waals surface area contributed by atoms with Crippen molar-refractivity contribution in [1.29, 1.82) is 0 Å². The Morgan fingerprint density at radius 2 is 1.67 bits per heavy atom. The highest BCUT2D eigenvalue weighted by atomic mass is 19.4. The average molecular weight is 489 g/mol. The summed E-state index contributed by atoms with van der Waals surface area (Å²) in [6.07, 6.45) is -12.6. The molecule has 0 saturated heterocycles. The van der Waals surface area contributed by atoms with Crippen LogP contribution in [-0.2, 0) is 23.9 Å². The van der Waals surface area contributed by atoms with Crippen LogP contribution in [-0.4, -0.2) is 44.3 Å². The fourth-order valence-corrected chi connectivity index (χ4v) is 3.63. The van der Waals surface area contributed by atoms with Gasteiger partial charge in [0.1, 0.15) is 11.9 Å². The van der Waals surface area contributed by atoms with E-state index in [1.807, 2.05) is 0 Å². The number of amides is 1. The minimum absolute atomic E-state index is 0.286. The third-order valence-electron chi connectivity index (χ3n) is 5.03. The lowest BCUT2D eigenvalue weighted by atomic mass is 10.0. The highest BCUT2D eigenvalue weighted by Gasteiger charge is 2.46. The Morgan fingerprint density at radius 3 is 2.27 bits per heavy atom. The fraction of sp³-hybridized carbons (Fsp3) is 0.500. The highest BCUT2D eigenvalue weighted by Crippen LogP contribution is 2.38. The summed E-state index contributed by atoms with van der Waals surface area (Å²) in [5.41, 5.74) is 5.41. The Morgan fingerprint density at radius 1 is 1.03 bits per heavy atom. The fourth-order valence-electron chi connectivity index (χ4n) is 3.63. The molecule has 1 aliphatic heterocycles. The zero-order valence-electron chi connectivity index (χ0n) is 16.5. The Balaban J connectivity index is 1.81. The number of alkyl halides is 6. The van der Waals surface area contributed by atoms with Crippen molar-refractivity contribution < 1.29 is 44.3 Å². The molecular weight excluding hydrogens is 473 g/mol. The number of benzene rings is 1. The molecule has 2 heterocycles. The zero-order valence-corrected chi connectivity index (χ0v) is 16.5. The molecule has 3 rings (SSSR count). The van der Waals surface area contributed by atoms with E-state index in [0.717, 1.165) is 0 Å². The van der Waals surface area contributed by atoms with Crippen LogP contribution in [0.3, 0.4) is 0 Å². The summed E-state index contributed by atoms with van der Waals surface area (Å²) in [5, 5.41) is 6.17. The number of aromatic nitrogens is 3. The summed E-state index contributed by atoms with van der Waals surface area (Å²) >= 11 is 0. The summed E-state index contributed by atoms with van der Waals surface area (Å²) in [7, 11) is 0. The van der Waals surface area contributed by atoms with Crippen molar-refractivity contribution >= 4 is 5.91 Å². The molecule has 0 fully saturated rings. The lowest BCUT2D eigenvalue weighted by Crippen LogP contribution is -2.46. The largest absolute Gasteiger partial charge is 0.451 e. The highest BCUT2D eigenvalue weighted by molar-refractivity contribution is 5.77. The Bertz CT molecular complexity index is 1030. The first kappa shape index (κ1) is 24.8. The maximum Gasteiger partial charge on any atom is 0.451 e. The maximum atomic E-state index is 13.8. The van der Waals surface area contributed by atoms with Crippen LogP contribution in [0.1, 0.15) is 36.1 Å². The Hall–Kier alpha value is -2.84. The van der Waals surface area contributed by atoms with E-state index in [9.17, 15) is 44.3 Å². The van der Waals surface area contributed by atoms with Gasteiger partial charge >= 0.3 is 12.4 Å². The molecule has 6 nitrogen and oxygen atoms in total. The van der Waals surface area contributed by atoms with Crippen LogP contribution in [0.25, 0.3) is 0 Å². The van der Waals surface area contributed by atoms with Crippen molar-refractivity contribution in [2.24, 2.45) is 5.73 Å². The number of hydrogen-bond acceptors (Lipinski definition) is 4. The SMILES string of the molecule is N[C@@H](CC(=O)N1CCn2c(nnc2C(F)(F)F)[C@@H]1CC(F)(F)F)Cc1cc(F)c(F)cc1F. The van der Waals surface area contributed by atoms with Gasteiger partial charge in [-0.25, -0.2) is 13.2 Å². The van der Waals surface area contributed by atoms with Gasteiger partial charge in [-0.15, -0.1) is 10.2 Å². The number of halogens is 9. The summed E-state index contributed by atoms with van der Waals surface area (Å²) in [5.74, 6) is -7.04. The van der Waals surface area contributed by atoms with Crippen LogP contribution in [0.2, 0.25) is 0 Å². The third-order valence-corrected chi connectivity index (χ3v) is 5.03. The van der Waals surface area contributed by atoms with E-state index >= 15 is 0 Å². The molecule has 0 spiro atoms. The molecule has 1 amide bonds. The molecule has 0 saturated carbocycles. The van der Waals surface area contributed by atoms with E-state index in [2.05, 4.69) is 10.2 Å². The van der Waals surface area contributed by atoms with Crippen LogP contribution in [0, 0.1) is 17.5 Å². The second-order valence-electron chi connectivity index (χ2n) is 7.48. The van der Waals surface area contributed by atoms with E-state index in [1.165, 1.54) is 0 Å². The van der Waals surface area contributed by atoms with Gasteiger partial charge in [-0.1, -0.05) is 0 Å². The zero-order chi connectivity index (χ0) is 24.7. The van der Waals surface area contributed by atoms with Gasteiger partial charge in [-0.2, -0.15) is 26.3 Å². The second kappa shape index (κ2) is 8.83. The number of rotatable bonds is 5. The molecule has 1 aliphatic rings. The summed E-state index contributed by atoms with van der Waals surface area (Å²) in [6, 6.07) is -2.26. The van der Waals surface area contributed by atoms with Crippen LogP contribution in [0.4, 0.5) is 39.5 Å². The number of hydrogen-bond donors (Lipinski definition) is 1. The molecule has 0 unspecified atom stereocenters. The van der Waals surface area contributed by atoms with Gasteiger partial charge in [0.05, 0.1) is 6.42 Å². The summed E-state index contributed by atoms with van der Waals surface area (Å²) in [4.78, 5) is 13.4. The first-order chi connectivity index (χ1) is 15.2. The monoisotopic (exact) mass is 489 g/mol. The van der Waals surface area contributed by atoms with Crippen molar-refractivity contribution in [3.63, 3.8) is 0 Å². The molecule has 2 aromatic rings. The number of carbonyl (C=O) groups is 1. The first-order valence-electron chi connectivity index (χ1n) is 9.43. The molecule has 15 heteroatoms. The minimum atomic E-state index is -4.96. The van der Waals surface area contributed by atoms with Gasteiger partial charge in [-0.3, -0.25) is 4.79 Å². The van der Waals surface area contributed by atoms with Gasteiger partial charge in [-0.05, 0) is 18.1 Å². The topological polar surface area (TPSA) is 77.0 Å². The van der Waals surface area contributed by atoms with Gasteiger partial charge in [0.2, 0.25) is 11.7 Å². The number of nitrogens with two attached hydrogens (primary N) is 1. The summed E-state index contributed by atoms with van der Waals surface area (Å²) in [6.45, 7) is -1.02. The Kier molecular flexibility index (Phi) is 6.64. The molecule has 33 heavy (non-hydrogen) atoms. The first-order valence-corrected chi connectivity index (χ1v) is 9.43. The van der Waals surface area contributed by atoms with Crippen molar-refractivity contribution in [2.75, 3.05) is 6.54 Å². The predicted molar refractivity (Wildman–Crippen MR) is 92.8 cm³/mol. The molecule has 0 radical (unpaired) electrons. The van der Waals surface area contributed by atoms with Gasteiger partial charge < -0.3 is 15.2 Å². The van der Waals surface area contributed by atoms with Gasteiger partial charge in [0.25, 0.3) is 0 Å². The predicted octanol–water partition coefficient (Wildman–Crippen LogP) is 3.51. The van der Waals surface area contributed by atoms with Crippen molar-refractivity contribution in [2.45, 2.75) is 50.2 Å². The van der Waals surface area contributed by atoms with Gasteiger partial charge in [0.15, 0.2) is 17.5 Å². The average Bonchev–Trinajstić information content (AvgIpc) is 3.10. The number of carbonyl (C=O) groups excluding carboxylic acids is 1. The van der Waals surface area contributed by atoms with E-state index < -0.39 is 91.8 Å². The van der Waals surface area contributed by atoms with E-state index in [0.29, 0.717) is 15.5 Å². The summed E-state index contributed by atoms with van der Waals surface area (Å²) < 4.78 is 119. The normalized spacial score (nSPS) is 17.8. The van der Waals surface area contributed by atoms with Crippen LogP contribution in [0.15, 0.2) is 12.1 Å². The third kappa shape index (κ3) is 5.57. The lowest BCUT2D eigenvalue weighted by Gasteiger charge is -2.36. The quantitative estimate of drug-likeness (QED) is 0.515. The van der Waals surface area contributed by atoms with Crippen molar-refractivity contribution in [1.82, 2.24) is 19.7 Å². The van der Waals surface area contributed by atoms with E-state index in [4.69, 9.17) is 5.73 Å². The lowest BCUT2D eigenvalue weighted by molar-refractivity contribution is -0.159. The molecule has 0 bridgehead atoms. The molecule has 1 aromatic carbocycles.